The average molecular weight is 332 g/mol. The van der Waals surface area contributed by atoms with Crippen molar-refractivity contribution in [3.63, 3.8) is 0 Å². The van der Waals surface area contributed by atoms with E-state index in [9.17, 15) is 4.79 Å². The van der Waals surface area contributed by atoms with Crippen LogP contribution < -0.4 is 5.32 Å². The van der Waals surface area contributed by atoms with Crippen molar-refractivity contribution in [1.82, 2.24) is 0 Å². The predicted octanol–water partition coefficient (Wildman–Crippen LogP) is 5.49. The van der Waals surface area contributed by atoms with E-state index < -0.39 is 0 Å². The van der Waals surface area contributed by atoms with Gasteiger partial charge in [0.2, 0.25) is 0 Å². The van der Waals surface area contributed by atoms with Gasteiger partial charge in [-0.05, 0) is 47.0 Å². The second kappa shape index (κ2) is 5.99. The number of hydrogen-bond acceptors (Lipinski definition) is 1. The Morgan fingerprint density at radius 1 is 0.792 bits per heavy atom. The van der Waals surface area contributed by atoms with Gasteiger partial charge < -0.3 is 5.32 Å². The van der Waals surface area contributed by atoms with Crippen molar-refractivity contribution < 1.29 is 4.79 Å². The highest BCUT2D eigenvalue weighted by atomic mass is 35.5. The van der Waals surface area contributed by atoms with Crippen molar-refractivity contribution in [3.05, 3.63) is 100 Å². The molecule has 3 heteroatoms. The molecule has 1 amide bonds. The van der Waals surface area contributed by atoms with Gasteiger partial charge in [-0.3, -0.25) is 4.79 Å². The molecule has 0 bridgehead atoms. The lowest BCUT2D eigenvalue weighted by Gasteiger charge is -2.11. The zero-order chi connectivity index (χ0) is 16.5. The van der Waals surface area contributed by atoms with Crippen LogP contribution in [0.3, 0.4) is 0 Å². The Balaban J connectivity index is 2.01. The van der Waals surface area contributed by atoms with Gasteiger partial charge in [-0.2, -0.15) is 0 Å². The first-order chi connectivity index (χ1) is 11.7. The molecule has 0 unspecified atom stereocenters. The lowest BCUT2D eigenvalue weighted by molar-refractivity contribution is 0.102. The summed E-state index contributed by atoms with van der Waals surface area (Å²) in [7, 11) is 0. The van der Waals surface area contributed by atoms with Crippen molar-refractivity contribution in [2.75, 3.05) is 5.32 Å². The highest BCUT2D eigenvalue weighted by Crippen LogP contribution is 2.36. The summed E-state index contributed by atoms with van der Waals surface area (Å²) in [6.07, 6.45) is 2.07. The Morgan fingerprint density at radius 3 is 2.29 bits per heavy atom. The quantitative estimate of drug-likeness (QED) is 0.627. The molecule has 0 fully saturated rings. The molecule has 3 aromatic carbocycles. The third-order valence-corrected chi connectivity index (χ3v) is 4.32. The molecule has 0 aromatic heterocycles. The molecule has 0 atom stereocenters. The van der Waals surface area contributed by atoms with Gasteiger partial charge in [0.05, 0.1) is 0 Å². The standard InChI is InChI=1S/C21H14ClNO/c22-15-7-5-6-14(12-15)13-19-16-8-1-2-10-18(16)21(24)23-20-11-4-3-9-17(19)20/h1-13H,(H,23,24)/b19-13+. The van der Waals surface area contributed by atoms with E-state index in [1.54, 1.807) is 0 Å². The molecule has 1 N–H and O–H groups in total. The SMILES string of the molecule is O=C1Nc2ccccc2/C(=C/c2cccc(Cl)c2)c2ccccc21. The first-order valence-corrected chi connectivity index (χ1v) is 8.07. The summed E-state index contributed by atoms with van der Waals surface area (Å²) in [5, 5.41) is 3.69. The van der Waals surface area contributed by atoms with Gasteiger partial charge in [0.15, 0.2) is 0 Å². The minimum Gasteiger partial charge on any atom is -0.321 e. The van der Waals surface area contributed by atoms with Crippen molar-refractivity contribution in [2.45, 2.75) is 0 Å². The molecule has 2 nitrogen and oxygen atoms in total. The summed E-state index contributed by atoms with van der Waals surface area (Å²) in [5.74, 6) is -0.0902. The second-order valence-electron chi connectivity index (χ2n) is 5.66. The molecule has 0 saturated heterocycles. The number of carbonyl (C=O) groups is 1. The van der Waals surface area contributed by atoms with Gasteiger partial charge in [0.25, 0.3) is 5.91 Å². The van der Waals surface area contributed by atoms with Crippen LogP contribution in [0.25, 0.3) is 11.6 Å². The summed E-state index contributed by atoms with van der Waals surface area (Å²) >= 11 is 6.12. The predicted molar refractivity (Wildman–Crippen MR) is 99.3 cm³/mol. The Morgan fingerprint density at radius 2 is 1.50 bits per heavy atom. The molecule has 0 spiro atoms. The Bertz CT molecular complexity index is 975. The largest absolute Gasteiger partial charge is 0.321 e. The van der Waals surface area contributed by atoms with Crippen LogP contribution in [-0.4, -0.2) is 5.91 Å². The van der Waals surface area contributed by atoms with Gasteiger partial charge in [0, 0.05) is 21.8 Å². The summed E-state index contributed by atoms with van der Waals surface area (Å²) < 4.78 is 0. The minimum absolute atomic E-state index is 0.0902. The summed E-state index contributed by atoms with van der Waals surface area (Å²) in [5.41, 5.74) is 5.39. The topological polar surface area (TPSA) is 29.1 Å². The van der Waals surface area contributed by atoms with Crippen molar-refractivity contribution in [3.8, 4) is 0 Å². The van der Waals surface area contributed by atoms with Crippen LogP contribution >= 0.6 is 11.6 Å². The zero-order valence-corrected chi connectivity index (χ0v) is 13.5. The molecule has 0 aliphatic carbocycles. The van der Waals surface area contributed by atoms with E-state index >= 15 is 0 Å². The first-order valence-electron chi connectivity index (χ1n) is 7.70. The van der Waals surface area contributed by atoms with E-state index in [1.165, 1.54) is 0 Å². The van der Waals surface area contributed by atoms with Crippen molar-refractivity contribution >= 4 is 34.8 Å². The van der Waals surface area contributed by atoms with Gasteiger partial charge in [-0.15, -0.1) is 0 Å². The molecule has 1 aliphatic rings. The van der Waals surface area contributed by atoms with Crippen LogP contribution in [0.1, 0.15) is 27.0 Å². The first kappa shape index (κ1) is 14.7. The van der Waals surface area contributed by atoms with E-state index in [2.05, 4.69) is 11.4 Å². The third-order valence-electron chi connectivity index (χ3n) is 4.09. The van der Waals surface area contributed by atoms with Crippen molar-refractivity contribution in [1.29, 1.82) is 0 Å². The molecular weight excluding hydrogens is 318 g/mol. The molecule has 0 saturated carbocycles. The van der Waals surface area contributed by atoms with Crippen LogP contribution in [0.4, 0.5) is 5.69 Å². The number of halogens is 1. The number of benzene rings is 3. The molecule has 24 heavy (non-hydrogen) atoms. The summed E-state index contributed by atoms with van der Waals surface area (Å²) in [4.78, 5) is 12.6. The van der Waals surface area contributed by atoms with Crippen LogP contribution in [-0.2, 0) is 0 Å². The highest BCUT2D eigenvalue weighted by molar-refractivity contribution is 6.30. The highest BCUT2D eigenvalue weighted by Gasteiger charge is 2.22. The number of fused-ring (bicyclic) bond motifs is 2. The van der Waals surface area contributed by atoms with Crippen LogP contribution in [0, 0.1) is 0 Å². The smallest absolute Gasteiger partial charge is 0.256 e. The maximum absolute atomic E-state index is 12.6. The molecule has 4 rings (SSSR count). The minimum atomic E-state index is -0.0902. The van der Waals surface area contributed by atoms with Crippen molar-refractivity contribution in [2.24, 2.45) is 0 Å². The van der Waals surface area contributed by atoms with E-state index in [-0.39, 0.29) is 5.91 Å². The van der Waals surface area contributed by atoms with Crippen LogP contribution in [0.15, 0.2) is 72.8 Å². The number of nitrogens with one attached hydrogen (secondary N) is 1. The van der Waals surface area contributed by atoms with E-state index in [4.69, 9.17) is 11.6 Å². The molecule has 0 radical (unpaired) electrons. The molecular formula is C21H14ClNO. The fourth-order valence-electron chi connectivity index (χ4n) is 3.00. The average Bonchev–Trinajstić information content (AvgIpc) is 2.71. The Labute approximate surface area is 145 Å². The lowest BCUT2D eigenvalue weighted by Crippen LogP contribution is -2.11. The van der Waals surface area contributed by atoms with E-state index in [0.717, 1.165) is 28.0 Å². The number of hydrogen-bond donors (Lipinski definition) is 1. The molecule has 1 aliphatic heterocycles. The normalized spacial score (nSPS) is 14.5. The molecule has 3 aromatic rings. The fraction of sp³-hybridized carbons (Fsp3) is 0. The number of rotatable bonds is 1. The van der Waals surface area contributed by atoms with Crippen LogP contribution in [0.2, 0.25) is 5.02 Å². The van der Waals surface area contributed by atoms with Gasteiger partial charge in [0.1, 0.15) is 0 Å². The Kier molecular flexibility index (Phi) is 3.68. The van der Waals surface area contributed by atoms with Gasteiger partial charge in [-0.25, -0.2) is 0 Å². The summed E-state index contributed by atoms with van der Waals surface area (Å²) in [6.45, 7) is 0. The van der Waals surface area contributed by atoms with Gasteiger partial charge >= 0.3 is 0 Å². The monoisotopic (exact) mass is 331 g/mol. The Hall–Kier alpha value is -2.84. The lowest BCUT2D eigenvalue weighted by atomic mass is 9.92. The number of para-hydroxylation sites is 1. The maximum Gasteiger partial charge on any atom is 0.256 e. The number of anilines is 1. The fourth-order valence-corrected chi connectivity index (χ4v) is 3.19. The van der Waals surface area contributed by atoms with E-state index in [0.29, 0.717) is 10.6 Å². The van der Waals surface area contributed by atoms with Gasteiger partial charge in [-0.1, -0.05) is 60.1 Å². The second-order valence-corrected chi connectivity index (χ2v) is 6.09. The van der Waals surface area contributed by atoms with E-state index in [1.807, 2.05) is 72.8 Å². The zero-order valence-electron chi connectivity index (χ0n) is 12.8. The molecule has 116 valence electrons. The van der Waals surface area contributed by atoms with Crippen LogP contribution in [0.5, 0.6) is 0 Å². The molecule has 1 heterocycles. The number of carbonyl (C=O) groups excluding carboxylic acids is 1. The summed E-state index contributed by atoms with van der Waals surface area (Å²) in [6, 6.07) is 23.2. The maximum atomic E-state index is 12.6. The third kappa shape index (κ3) is 2.61. The number of amides is 1.